The third-order valence-corrected chi connectivity index (χ3v) is 15.5. The predicted molar refractivity (Wildman–Crippen MR) is 373 cm³/mol. The van der Waals surface area contributed by atoms with Crippen LogP contribution in [0.2, 0.25) is 0 Å². The van der Waals surface area contributed by atoms with Crippen LogP contribution in [0.5, 0.6) is 0 Å². The molecule has 0 saturated heterocycles. The molecule has 0 spiro atoms. The SMILES string of the molecule is CC(C)(C)CCCC(C)(C)C.CC(C)(C)CCCC(C)(C)C.CC(C)(C)CCCC(C)(C)C.CC(C)(C)CCCC(C)(C)C.CCSCC[C@H](N)C(=O)[O-].CCSCC[C@H](N)C(=O)[O-].CCSCC[C@H](N)C(=O)[O-].CCSCC[C@H](N)C(=O)[O-].[Zr+4]. The molecule has 0 unspecified atom stereocenters. The normalized spacial score (nSPS) is 13.2. The number of carboxylic acids is 4. The minimum absolute atomic E-state index is 0. The fraction of sp³-hybridized carbons (Fsp3) is 0.941. The quantitative estimate of drug-likeness (QED) is 0.0531. The van der Waals surface area contributed by atoms with Gasteiger partial charge in [0.2, 0.25) is 0 Å². The van der Waals surface area contributed by atoms with E-state index >= 15 is 0 Å². The zero-order valence-electron chi connectivity index (χ0n) is 61.0. The van der Waals surface area contributed by atoms with E-state index in [1.54, 1.807) is 47.0 Å². The molecular weight excluding hydrogens is 1220 g/mol. The molecule has 8 N–H and O–H groups in total. The Bertz CT molecular complexity index is 1240. The average molecular weight is 1370 g/mol. The zero-order chi connectivity index (χ0) is 68.4. The molecule has 0 fully saturated rings. The Morgan fingerprint density at radius 2 is 0.388 bits per heavy atom. The number of carbonyl (C=O) groups excluding carboxylic acids is 4. The van der Waals surface area contributed by atoms with Crippen LogP contribution in [0.25, 0.3) is 0 Å². The molecule has 0 aromatic heterocycles. The van der Waals surface area contributed by atoms with Crippen LogP contribution in [-0.4, -0.2) is 94.1 Å². The van der Waals surface area contributed by atoms with Gasteiger partial charge in [-0.05, 0) is 166 Å². The Balaban J connectivity index is -0.000000111. The largest absolute Gasteiger partial charge is 4.00 e. The summed E-state index contributed by atoms with van der Waals surface area (Å²) in [5, 5.41) is 40.2. The first kappa shape index (κ1) is 104. The van der Waals surface area contributed by atoms with Crippen molar-refractivity contribution in [2.75, 3.05) is 46.0 Å². The molecule has 85 heavy (non-hydrogen) atoms. The van der Waals surface area contributed by atoms with Crippen LogP contribution >= 0.6 is 47.0 Å². The second-order valence-corrected chi connectivity index (χ2v) is 37.1. The molecular formula is C68H144N4O8S4Zr. The van der Waals surface area contributed by atoms with E-state index in [0.29, 0.717) is 69.0 Å². The summed E-state index contributed by atoms with van der Waals surface area (Å²) in [5.74, 6) is 2.56. The van der Waals surface area contributed by atoms with Crippen LogP contribution in [0.1, 0.15) is 297 Å². The van der Waals surface area contributed by atoms with Crippen molar-refractivity contribution in [1.82, 2.24) is 0 Å². The first-order chi connectivity index (χ1) is 37.6. The van der Waals surface area contributed by atoms with Crippen LogP contribution in [-0.2, 0) is 45.4 Å². The number of thioether (sulfide) groups is 4. The summed E-state index contributed by atoms with van der Waals surface area (Å²) < 4.78 is 0. The summed E-state index contributed by atoms with van der Waals surface area (Å²) in [7, 11) is 0. The number of carboxylic acid groups (broad SMARTS) is 4. The van der Waals surface area contributed by atoms with Crippen LogP contribution in [0.4, 0.5) is 0 Å². The van der Waals surface area contributed by atoms with Gasteiger partial charge in [-0.3, -0.25) is 0 Å². The molecule has 512 valence electrons. The monoisotopic (exact) mass is 1360 g/mol. The second-order valence-electron chi connectivity index (χ2n) is 31.5. The van der Waals surface area contributed by atoms with Crippen molar-refractivity contribution < 1.29 is 65.8 Å². The Morgan fingerprint density at radius 1 is 0.282 bits per heavy atom. The summed E-state index contributed by atoms with van der Waals surface area (Å²) in [6, 6.07) is -3.17. The Kier molecular flexibility index (Phi) is 70.7. The molecule has 0 aromatic rings. The number of nitrogens with two attached hydrogens (primary N) is 4. The minimum Gasteiger partial charge on any atom is -0.548 e. The molecule has 0 heterocycles. The van der Waals surface area contributed by atoms with Gasteiger partial charge in [0, 0.05) is 24.2 Å². The van der Waals surface area contributed by atoms with Gasteiger partial charge in [-0.2, -0.15) is 47.0 Å². The van der Waals surface area contributed by atoms with Gasteiger partial charge in [-0.15, -0.1) is 0 Å². The molecule has 0 aromatic carbocycles. The van der Waals surface area contributed by atoms with Crippen molar-refractivity contribution in [3.63, 3.8) is 0 Å². The number of carbonyl (C=O) groups is 4. The topological polar surface area (TPSA) is 265 Å². The molecule has 12 nitrogen and oxygen atoms in total. The van der Waals surface area contributed by atoms with Gasteiger partial charge in [0.25, 0.3) is 0 Å². The molecule has 0 amide bonds. The predicted octanol–water partition coefficient (Wildman–Crippen LogP) is 13.8. The van der Waals surface area contributed by atoms with Gasteiger partial charge in [-0.1, -0.05) is 220 Å². The molecule has 4 atom stereocenters. The van der Waals surface area contributed by atoms with E-state index in [9.17, 15) is 39.6 Å². The maximum Gasteiger partial charge on any atom is 4.00 e. The van der Waals surface area contributed by atoms with Crippen LogP contribution in [0, 0.1) is 43.3 Å². The first-order valence-corrected chi connectivity index (χ1v) is 36.3. The van der Waals surface area contributed by atoms with E-state index < -0.39 is 48.0 Å². The van der Waals surface area contributed by atoms with Crippen LogP contribution < -0.4 is 43.4 Å². The van der Waals surface area contributed by atoms with Crippen molar-refractivity contribution >= 4 is 70.9 Å². The Hall–Kier alpha value is 0.00312. The molecule has 0 aliphatic rings. The smallest absolute Gasteiger partial charge is 0.548 e. The summed E-state index contributed by atoms with van der Waals surface area (Å²) in [5.41, 5.74) is 24.9. The summed E-state index contributed by atoms with van der Waals surface area (Å²) in [6.07, 6.45) is 18.3. The zero-order valence-corrected chi connectivity index (χ0v) is 66.7. The first-order valence-electron chi connectivity index (χ1n) is 31.7. The van der Waals surface area contributed by atoms with E-state index in [1.165, 1.54) is 77.0 Å². The Labute approximate surface area is 565 Å². The molecule has 0 saturated carbocycles. The number of rotatable bonds is 28. The average Bonchev–Trinajstić information content (AvgIpc) is 3.27. The van der Waals surface area contributed by atoms with E-state index in [0.717, 1.165) is 46.0 Å². The van der Waals surface area contributed by atoms with Crippen molar-refractivity contribution in [3.05, 3.63) is 0 Å². The molecule has 0 aliphatic heterocycles. The van der Waals surface area contributed by atoms with Gasteiger partial charge in [0.1, 0.15) is 0 Å². The fourth-order valence-corrected chi connectivity index (χ4v) is 9.32. The number of aliphatic carboxylic acids is 4. The molecule has 0 aliphatic carbocycles. The second kappa shape index (κ2) is 57.9. The molecule has 0 radical (unpaired) electrons. The minimum atomic E-state index is -1.16. The maximum atomic E-state index is 10.0. The van der Waals surface area contributed by atoms with Crippen molar-refractivity contribution in [1.29, 1.82) is 0 Å². The van der Waals surface area contributed by atoms with Crippen LogP contribution in [0.3, 0.4) is 0 Å². The van der Waals surface area contributed by atoms with Gasteiger partial charge in [-0.25, -0.2) is 0 Å². The maximum absolute atomic E-state index is 10.0. The number of hydrogen-bond acceptors (Lipinski definition) is 16. The molecule has 0 bridgehead atoms. The van der Waals surface area contributed by atoms with Gasteiger partial charge in [0.15, 0.2) is 0 Å². The molecule has 17 heteroatoms. The third-order valence-electron chi connectivity index (χ3n) is 11.7. The van der Waals surface area contributed by atoms with E-state index in [1.807, 2.05) is 27.7 Å². The molecule has 0 rings (SSSR count). The Morgan fingerprint density at radius 3 is 0.459 bits per heavy atom. The van der Waals surface area contributed by atoms with E-state index in [4.69, 9.17) is 22.9 Å². The summed E-state index contributed by atoms with van der Waals surface area (Å²) >= 11 is 6.73. The van der Waals surface area contributed by atoms with Gasteiger partial charge in [0.05, 0.1) is 23.9 Å². The fourth-order valence-electron chi connectivity index (χ4n) is 6.49. The number of hydrogen-bond donors (Lipinski definition) is 4. The summed E-state index contributed by atoms with van der Waals surface area (Å²) in [6.45, 7) is 63.7. The van der Waals surface area contributed by atoms with Crippen molar-refractivity contribution in [2.45, 2.75) is 321 Å². The standard InChI is InChI=1S/4C11H24.4C6H13NO2S.Zr/c4*1-10(2,3)8-7-9-11(4,5)6;4*1-2-10-4-3-5(7)6(8)9;/h4*7-9H2,1-6H3;4*5H,2-4,7H2,1H3,(H,8,9);/q;;;;;;;;+4/p-4/t;;;;4*5-;/m....0000./s1. The van der Waals surface area contributed by atoms with Gasteiger partial charge >= 0.3 is 26.2 Å². The van der Waals surface area contributed by atoms with E-state index in [2.05, 4.69) is 166 Å². The summed E-state index contributed by atoms with van der Waals surface area (Å²) in [4.78, 5) is 40.2. The van der Waals surface area contributed by atoms with Crippen molar-refractivity contribution in [2.24, 2.45) is 66.3 Å². The third kappa shape index (κ3) is 122. The van der Waals surface area contributed by atoms with Gasteiger partial charge < -0.3 is 62.5 Å². The van der Waals surface area contributed by atoms with E-state index in [-0.39, 0.29) is 26.2 Å². The van der Waals surface area contributed by atoms with Crippen molar-refractivity contribution in [3.8, 4) is 0 Å². The van der Waals surface area contributed by atoms with Crippen LogP contribution in [0.15, 0.2) is 0 Å².